The van der Waals surface area contributed by atoms with E-state index < -0.39 is 0 Å². The third-order valence-corrected chi connectivity index (χ3v) is 2.22. The van der Waals surface area contributed by atoms with E-state index in [1.165, 1.54) is 7.11 Å². The predicted molar refractivity (Wildman–Crippen MR) is 62.9 cm³/mol. The maximum absolute atomic E-state index is 7.27. The van der Waals surface area contributed by atoms with Crippen molar-refractivity contribution in [2.75, 3.05) is 19.2 Å². The summed E-state index contributed by atoms with van der Waals surface area (Å²) >= 11 is 0. The molecule has 6 nitrogen and oxygen atoms in total. The fourth-order valence-electron chi connectivity index (χ4n) is 1.35. The molecule has 0 aliphatic heterocycles. The molecule has 1 aromatic rings. The number of methoxy groups -OCH3 is 2. The Balaban J connectivity index is 3.29. The number of ether oxygens (including phenoxy) is 2. The fraction of sp³-hybridized carbons (Fsp3) is 0.300. The van der Waals surface area contributed by atoms with Gasteiger partial charge in [0.05, 0.1) is 14.2 Å². The molecule has 0 saturated heterocycles. The van der Waals surface area contributed by atoms with Crippen LogP contribution in [-0.2, 0) is 0 Å². The van der Waals surface area contributed by atoms with Gasteiger partial charge in [-0.25, -0.2) is 10.9 Å². The average molecular weight is 224 g/mol. The van der Waals surface area contributed by atoms with Gasteiger partial charge in [-0.3, -0.25) is 5.41 Å². The van der Waals surface area contributed by atoms with Crippen molar-refractivity contribution in [3.8, 4) is 11.5 Å². The summed E-state index contributed by atoms with van der Waals surface area (Å²) in [6.45, 7) is 1.89. The van der Waals surface area contributed by atoms with E-state index in [9.17, 15) is 0 Å². The third-order valence-electron chi connectivity index (χ3n) is 2.22. The van der Waals surface area contributed by atoms with E-state index in [2.05, 4.69) is 0 Å². The number of aryl methyl sites for hydroxylation is 1. The van der Waals surface area contributed by atoms with Crippen LogP contribution in [0.25, 0.3) is 0 Å². The summed E-state index contributed by atoms with van der Waals surface area (Å²) in [5, 5.41) is 8.30. The minimum Gasteiger partial charge on any atom is -0.496 e. The van der Waals surface area contributed by atoms with Crippen LogP contribution in [0.4, 0.5) is 5.69 Å². The van der Waals surface area contributed by atoms with Gasteiger partial charge in [-0.05, 0) is 18.6 Å². The Labute approximate surface area is 94.2 Å². The van der Waals surface area contributed by atoms with E-state index in [0.29, 0.717) is 17.2 Å². The van der Waals surface area contributed by atoms with Crippen molar-refractivity contribution in [1.29, 1.82) is 5.41 Å². The van der Waals surface area contributed by atoms with E-state index in [0.717, 1.165) is 10.6 Å². The van der Waals surface area contributed by atoms with Crippen LogP contribution in [0.2, 0.25) is 0 Å². The van der Waals surface area contributed by atoms with Gasteiger partial charge in [0.15, 0.2) is 0 Å². The molecule has 5 N–H and O–H groups in total. The monoisotopic (exact) mass is 224 g/mol. The summed E-state index contributed by atoms with van der Waals surface area (Å²) in [4.78, 5) is 0. The first-order valence-electron chi connectivity index (χ1n) is 4.62. The number of hydrogen-bond donors (Lipinski definition) is 3. The Morgan fingerprint density at radius 2 is 1.81 bits per heavy atom. The van der Waals surface area contributed by atoms with Crippen LogP contribution in [-0.4, -0.2) is 20.2 Å². The van der Waals surface area contributed by atoms with Gasteiger partial charge in [0.2, 0.25) is 5.96 Å². The minimum atomic E-state index is -0.274. The molecule has 0 aliphatic carbocycles. The van der Waals surface area contributed by atoms with Gasteiger partial charge >= 0.3 is 0 Å². The second-order valence-electron chi connectivity index (χ2n) is 3.25. The second-order valence-corrected chi connectivity index (χ2v) is 3.25. The zero-order chi connectivity index (χ0) is 12.3. The SMILES string of the molecule is COc1cc(N(N)C(=N)N)c(OC)cc1C. The van der Waals surface area contributed by atoms with E-state index in [-0.39, 0.29) is 5.96 Å². The molecule has 0 aromatic heterocycles. The highest BCUT2D eigenvalue weighted by molar-refractivity contribution is 5.93. The van der Waals surface area contributed by atoms with Crippen molar-refractivity contribution in [2.24, 2.45) is 11.6 Å². The van der Waals surface area contributed by atoms with Crippen molar-refractivity contribution in [1.82, 2.24) is 0 Å². The molecule has 0 heterocycles. The molecule has 1 aromatic carbocycles. The highest BCUT2D eigenvalue weighted by Gasteiger charge is 2.14. The molecule has 0 spiro atoms. The smallest absolute Gasteiger partial charge is 0.207 e. The molecule has 16 heavy (non-hydrogen) atoms. The lowest BCUT2D eigenvalue weighted by molar-refractivity contribution is 0.401. The maximum Gasteiger partial charge on any atom is 0.207 e. The molecule has 6 heteroatoms. The fourth-order valence-corrected chi connectivity index (χ4v) is 1.35. The summed E-state index contributed by atoms with van der Waals surface area (Å²) < 4.78 is 10.3. The molecule has 0 aliphatic rings. The van der Waals surface area contributed by atoms with Crippen LogP contribution in [0.15, 0.2) is 12.1 Å². The van der Waals surface area contributed by atoms with Crippen LogP contribution in [0, 0.1) is 12.3 Å². The number of hydrogen-bond acceptors (Lipinski definition) is 4. The number of nitrogens with zero attached hydrogens (tertiary/aromatic N) is 1. The van der Waals surface area contributed by atoms with Crippen molar-refractivity contribution in [2.45, 2.75) is 6.92 Å². The lowest BCUT2D eigenvalue weighted by Gasteiger charge is -2.20. The van der Waals surface area contributed by atoms with Gasteiger partial charge in [-0.2, -0.15) is 0 Å². The molecular weight excluding hydrogens is 208 g/mol. The van der Waals surface area contributed by atoms with Crippen molar-refractivity contribution < 1.29 is 9.47 Å². The Morgan fingerprint density at radius 1 is 1.25 bits per heavy atom. The zero-order valence-corrected chi connectivity index (χ0v) is 9.57. The van der Waals surface area contributed by atoms with Crippen molar-refractivity contribution in [3.63, 3.8) is 0 Å². The molecular formula is C10H16N4O2. The number of nitrogens with two attached hydrogens (primary N) is 2. The van der Waals surface area contributed by atoms with Crippen LogP contribution in [0.3, 0.4) is 0 Å². The van der Waals surface area contributed by atoms with E-state index in [1.54, 1.807) is 19.2 Å². The number of anilines is 1. The van der Waals surface area contributed by atoms with Gasteiger partial charge in [0, 0.05) is 6.07 Å². The molecule has 0 radical (unpaired) electrons. The molecule has 0 unspecified atom stereocenters. The third kappa shape index (κ3) is 2.17. The Kier molecular flexibility index (Phi) is 3.57. The first-order valence-corrected chi connectivity index (χ1v) is 4.62. The molecule has 1 rings (SSSR count). The van der Waals surface area contributed by atoms with E-state index in [4.69, 9.17) is 26.5 Å². The Bertz CT molecular complexity index is 406. The van der Waals surface area contributed by atoms with Crippen molar-refractivity contribution >= 4 is 11.6 Å². The number of nitrogens with one attached hydrogen (secondary N) is 1. The van der Waals surface area contributed by atoms with Crippen LogP contribution < -0.4 is 26.1 Å². The lowest BCUT2D eigenvalue weighted by atomic mass is 10.2. The Hall–Kier alpha value is -1.95. The summed E-state index contributed by atoms with van der Waals surface area (Å²) in [5.74, 6) is 6.56. The van der Waals surface area contributed by atoms with Crippen LogP contribution >= 0.6 is 0 Å². The second kappa shape index (κ2) is 4.71. The minimum absolute atomic E-state index is 0.274. The van der Waals surface area contributed by atoms with E-state index in [1.807, 2.05) is 6.92 Å². The summed E-state index contributed by atoms with van der Waals surface area (Å²) in [6.07, 6.45) is 0. The average Bonchev–Trinajstić information content (AvgIpc) is 2.27. The largest absolute Gasteiger partial charge is 0.496 e. The molecule has 0 amide bonds. The van der Waals surface area contributed by atoms with Crippen molar-refractivity contribution in [3.05, 3.63) is 17.7 Å². The molecule has 0 bridgehead atoms. The standard InChI is InChI=1S/C10H16N4O2/c1-6-4-9(16-3)7(5-8(6)15-2)14(13)10(11)12/h4-5H,13H2,1-3H3,(H3,11,12). The Morgan fingerprint density at radius 3 is 2.25 bits per heavy atom. The van der Waals surface area contributed by atoms with Gasteiger partial charge in [0.25, 0.3) is 0 Å². The summed E-state index contributed by atoms with van der Waals surface area (Å²) in [5.41, 5.74) is 6.71. The van der Waals surface area contributed by atoms with Gasteiger partial charge in [-0.1, -0.05) is 0 Å². The van der Waals surface area contributed by atoms with Crippen LogP contribution in [0.1, 0.15) is 5.56 Å². The van der Waals surface area contributed by atoms with E-state index >= 15 is 0 Å². The highest BCUT2D eigenvalue weighted by atomic mass is 16.5. The highest BCUT2D eigenvalue weighted by Crippen LogP contribution is 2.33. The number of hydrazine groups is 1. The molecule has 88 valence electrons. The maximum atomic E-state index is 7.27. The normalized spacial score (nSPS) is 9.75. The number of guanidine groups is 1. The topological polar surface area (TPSA) is 97.6 Å². The first-order chi connectivity index (χ1) is 7.51. The van der Waals surface area contributed by atoms with Gasteiger partial charge in [-0.15, -0.1) is 0 Å². The first kappa shape index (κ1) is 12.1. The summed E-state index contributed by atoms with van der Waals surface area (Å²) in [6, 6.07) is 3.45. The zero-order valence-electron chi connectivity index (χ0n) is 9.57. The quantitative estimate of drug-likeness (QED) is 0.302. The molecule has 0 saturated carbocycles. The summed E-state index contributed by atoms with van der Waals surface area (Å²) in [7, 11) is 3.09. The molecule has 0 atom stereocenters. The number of benzene rings is 1. The lowest BCUT2D eigenvalue weighted by Crippen LogP contribution is -2.42. The van der Waals surface area contributed by atoms with Gasteiger partial charge in [0.1, 0.15) is 17.2 Å². The predicted octanol–water partition coefficient (Wildman–Crippen LogP) is 0.586. The van der Waals surface area contributed by atoms with Gasteiger partial charge < -0.3 is 15.2 Å². The van der Waals surface area contributed by atoms with Crippen LogP contribution in [0.5, 0.6) is 11.5 Å². The number of rotatable bonds is 3. The molecule has 0 fully saturated rings.